The maximum atomic E-state index is 12.9. The van der Waals surface area contributed by atoms with Gasteiger partial charge in [0.2, 0.25) is 0 Å². The molecular formula is C23H27N5O3S. The van der Waals surface area contributed by atoms with Gasteiger partial charge in [-0.3, -0.25) is 14.6 Å². The molecule has 8 nitrogen and oxygen atoms in total. The van der Waals surface area contributed by atoms with Crippen molar-refractivity contribution in [1.29, 1.82) is 0 Å². The quantitative estimate of drug-likeness (QED) is 0.571. The van der Waals surface area contributed by atoms with Crippen LogP contribution in [0.15, 0.2) is 42.7 Å². The fourth-order valence-electron chi connectivity index (χ4n) is 4.86. The number of aromatic amines is 1. The van der Waals surface area contributed by atoms with Gasteiger partial charge in [0.25, 0.3) is 5.91 Å². The van der Waals surface area contributed by atoms with Crippen molar-refractivity contribution >= 4 is 21.4 Å². The van der Waals surface area contributed by atoms with Crippen LogP contribution in [0.25, 0.3) is 0 Å². The molecule has 1 saturated carbocycles. The second-order valence-electron chi connectivity index (χ2n) is 9.47. The highest BCUT2D eigenvalue weighted by atomic mass is 32.2. The van der Waals surface area contributed by atoms with E-state index in [9.17, 15) is 13.2 Å². The van der Waals surface area contributed by atoms with E-state index in [1.165, 1.54) is 12.7 Å². The number of fused-ring (bicyclic) bond motifs is 2. The van der Waals surface area contributed by atoms with E-state index in [1.807, 2.05) is 30.3 Å². The van der Waals surface area contributed by atoms with E-state index in [2.05, 4.69) is 27.5 Å². The van der Waals surface area contributed by atoms with Crippen molar-refractivity contribution in [3.8, 4) is 0 Å². The van der Waals surface area contributed by atoms with E-state index in [-0.39, 0.29) is 17.7 Å². The zero-order valence-electron chi connectivity index (χ0n) is 18.2. The van der Waals surface area contributed by atoms with Gasteiger partial charge < -0.3 is 5.32 Å². The van der Waals surface area contributed by atoms with Crippen LogP contribution < -0.4 is 5.32 Å². The number of aromatic nitrogens is 4. The molecule has 2 aromatic heterocycles. The summed E-state index contributed by atoms with van der Waals surface area (Å²) in [5.74, 6) is 0.440. The number of amides is 1. The third kappa shape index (κ3) is 4.09. The van der Waals surface area contributed by atoms with Crippen molar-refractivity contribution in [2.45, 2.75) is 38.6 Å². The number of rotatable bonds is 7. The molecule has 5 rings (SSSR count). The van der Waals surface area contributed by atoms with E-state index >= 15 is 0 Å². The van der Waals surface area contributed by atoms with Gasteiger partial charge in [-0.25, -0.2) is 8.42 Å². The van der Waals surface area contributed by atoms with Crippen LogP contribution in [0.2, 0.25) is 0 Å². The van der Waals surface area contributed by atoms with Gasteiger partial charge in [0.1, 0.15) is 9.84 Å². The summed E-state index contributed by atoms with van der Waals surface area (Å²) in [6.45, 7) is 2.29. The molecule has 168 valence electrons. The minimum atomic E-state index is -3.11. The summed E-state index contributed by atoms with van der Waals surface area (Å²) >= 11 is 0. The van der Waals surface area contributed by atoms with E-state index in [4.69, 9.17) is 0 Å². The first-order valence-electron chi connectivity index (χ1n) is 10.9. The molecule has 1 fully saturated rings. The second kappa shape index (κ2) is 7.58. The molecule has 0 saturated heterocycles. The normalized spacial score (nSPS) is 22.6. The molecule has 1 aromatic carbocycles. The molecule has 0 spiro atoms. The van der Waals surface area contributed by atoms with Crippen molar-refractivity contribution in [3.63, 3.8) is 0 Å². The van der Waals surface area contributed by atoms with Gasteiger partial charge in [-0.15, -0.1) is 0 Å². The minimum Gasteiger partial charge on any atom is -0.318 e. The average molecular weight is 454 g/mol. The first-order chi connectivity index (χ1) is 15.2. The van der Waals surface area contributed by atoms with Crippen LogP contribution in [0.4, 0.5) is 5.69 Å². The Kier molecular flexibility index (Phi) is 4.96. The zero-order chi connectivity index (χ0) is 22.5. The lowest BCUT2D eigenvalue weighted by molar-refractivity contribution is 0.102. The van der Waals surface area contributed by atoms with E-state index in [1.54, 1.807) is 17.1 Å². The van der Waals surface area contributed by atoms with E-state index in [0.717, 1.165) is 29.7 Å². The van der Waals surface area contributed by atoms with Gasteiger partial charge in [0, 0.05) is 23.7 Å². The monoisotopic (exact) mass is 453 g/mol. The minimum absolute atomic E-state index is 0.0492. The summed E-state index contributed by atoms with van der Waals surface area (Å²) in [7, 11) is -3.11. The van der Waals surface area contributed by atoms with Crippen molar-refractivity contribution in [1.82, 2.24) is 20.0 Å². The predicted molar refractivity (Wildman–Crippen MR) is 121 cm³/mol. The van der Waals surface area contributed by atoms with Gasteiger partial charge in [-0.05, 0) is 42.6 Å². The number of nitrogens with zero attached hydrogens (tertiary/aromatic N) is 3. The van der Waals surface area contributed by atoms with Crippen LogP contribution in [0.1, 0.15) is 53.1 Å². The zero-order valence-corrected chi connectivity index (χ0v) is 19.0. The van der Waals surface area contributed by atoms with Crippen LogP contribution in [-0.2, 0) is 22.7 Å². The number of hydrogen-bond donors (Lipinski definition) is 2. The Hall–Kier alpha value is -2.94. The van der Waals surface area contributed by atoms with Crippen molar-refractivity contribution in [2.75, 3.05) is 17.3 Å². The largest absolute Gasteiger partial charge is 0.318 e. The Morgan fingerprint density at radius 2 is 2.12 bits per heavy atom. The number of carbonyl (C=O) groups is 1. The summed E-state index contributed by atoms with van der Waals surface area (Å²) in [6.07, 6.45) is 8.01. The maximum absolute atomic E-state index is 12.9. The SMILES string of the molecule is CC12Cc3[nH]nc(C(=O)Nc4cnn(C(CCS(C)(=O)=O)c5ccccc5)c4)c3CC1C2. The Bertz CT molecular complexity index is 1260. The topological polar surface area (TPSA) is 110 Å². The van der Waals surface area contributed by atoms with Crippen molar-refractivity contribution < 1.29 is 13.2 Å². The standard InChI is InChI=1S/C23H27N5O3S/c1-23-11-16(23)10-18-19(12-23)26-27-21(18)22(29)25-17-13-24-28(14-17)20(8-9-32(2,30)31)15-6-4-3-5-7-15/h3-7,13-14,16,20H,8-12H2,1-2H3,(H,25,29)(H,26,27). The van der Waals surface area contributed by atoms with Crippen LogP contribution in [0, 0.1) is 11.3 Å². The number of hydrogen-bond acceptors (Lipinski definition) is 5. The fraction of sp³-hybridized carbons (Fsp3) is 0.435. The van der Waals surface area contributed by atoms with Gasteiger partial charge in [-0.1, -0.05) is 37.3 Å². The molecule has 0 radical (unpaired) electrons. The number of benzene rings is 1. The fourth-order valence-corrected chi connectivity index (χ4v) is 5.51. The Balaban J connectivity index is 1.34. The number of carbonyl (C=O) groups excluding carboxylic acids is 1. The molecule has 3 atom stereocenters. The molecule has 2 heterocycles. The highest BCUT2D eigenvalue weighted by molar-refractivity contribution is 7.90. The highest BCUT2D eigenvalue weighted by Crippen LogP contribution is 2.59. The number of nitrogens with one attached hydrogen (secondary N) is 2. The summed E-state index contributed by atoms with van der Waals surface area (Å²) in [5, 5.41) is 14.7. The van der Waals surface area contributed by atoms with Gasteiger partial charge >= 0.3 is 0 Å². The van der Waals surface area contributed by atoms with E-state index in [0.29, 0.717) is 29.1 Å². The van der Waals surface area contributed by atoms with Crippen LogP contribution in [-0.4, -0.2) is 46.3 Å². The van der Waals surface area contributed by atoms with Gasteiger partial charge in [0.15, 0.2) is 5.69 Å². The third-order valence-electron chi connectivity index (χ3n) is 6.86. The summed E-state index contributed by atoms with van der Waals surface area (Å²) in [4.78, 5) is 12.9. The van der Waals surface area contributed by atoms with Crippen LogP contribution >= 0.6 is 0 Å². The van der Waals surface area contributed by atoms with Crippen LogP contribution in [0.5, 0.6) is 0 Å². The van der Waals surface area contributed by atoms with Gasteiger partial charge in [-0.2, -0.15) is 10.2 Å². The summed E-state index contributed by atoms with van der Waals surface area (Å²) in [5.41, 5.74) is 4.45. The lowest BCUT2D eigenvalue weighted by Gasteiger charge is -2.18. The van der Waals surface area contributed by atoms with Crippen LogP contribution in [0.3, 0.4) is 0 Å². The molecule has 0 aliphatic heterocycles. The first-order valence-corrected chi connectivity index (χ1v) is 12.9. The van der Waals surface area contributed by atoms with Crippen molar-refractivity contribution in [2.24, 2.45) is 11.3 Å². The molecule has 3 unspecified atom stereocenters. The molecule has 9 heteroatoms. The average Bonchev–Trinajstić information content (AvgIpc) is 3.02. The molecule has 2 N–H and O–H groups in total. The molecule has 2 aliphatic rings. The number of H-pyrrole nitrogens is 1. The number of sulfone groups is 1. The Morgan fingerprint density at radius 1 is 1.34 bits per heavy atom. The lowest BCUT2D eigenvalue weighted by atomic mass is 9.87. The molecule has 32 heavy (non-hydrogen) atoms. The maximum Gasteiger partial charge on any atom is 0.276 e. The highest BCUT2D eigenvalue weighted by Gasteiger charge is 2.53. The second-order valence-corrected chi connectivity index (χ2v) is 11.7. The van der Waals surface area contributed by atoms with Gasteiger partial charge in [0.05, 0.1) is 23.7 Å². The molecule has 2 aliphatic carbocycles. The number of anilines is 1. The summed E-state index contributed by atoms with van der Waals surface area (Å²) in [6, 6.07) is 9.41. The lowest BCUT2D eigenvalue weighted by Crippen LogP contribution is -2.18. The molecule has 0 bridgehead atoms. The summed E-state index contributed by atoms with van der Waals surface area (Å²) < 4.78 is 25.2. The molecule has 1 amide bonds. The van der Waals surface area contributed by atoms with Crippen molar-refractivity contribution in [3.05, 3.63) is 65.2 Å². The molecular weight excluding hydrogens is 426 g/mol. The third-order valence-corrected chi connectivity index (χ3v) is 7.84. The Labute approximate surface area is 187 Å². The smallest absolute Gasteiger partial charge is 0.276 e. The van der Waals surface area contributed by atoms with E-state index < -0.39 is 9.84 Å². The molecule has 3 aromatic rings. The first kappa shape index (κ1) is 20.9. The Morgan fingerprint density at radius 3 is 2.88 bits per heavy atom. The predicted octanol–water partition coefficient (Wildman–Crippen LogP) is 3.01.